The summed E-state index contributed by atoms with van der Waals surface area (Å²) in [6.45, 7) is 8.18. The van der Waals surface area contributed by atoms with Gasteiger partial charge in [0.05, 0.1) is 6.10 Å². The van der Waals surface area contributed by atoms with Gasteiger partial charge in [-0.3, -0.25) is 0 Å². The Hall–Kier alpha value is -0.0800. The van der Waals surface area contributed by atoms with E-state index in [0.717, 1.165) is 25.9 Å². The van der Waals surface area contributed by atoms with E-state index in [0.29, 0.717) is 5.92 Å². The molecular weight excluding hydrogens is 138 g/mol. The van der Waals surface area contributed by atoms with Crippen molar-refractivity contribution in [1.82, 2.24) is 5.32 Å². The van der Waals surface area contributed by atoms with Crippen LogP contribution in [-0.4, -0.2) is 24.3 Å². The zero-order valence-electron chi connectivity index (χ0n) is 7.93. The Balaban J connectivity index is 3.56. The Morgan fingerprint density at radius 1 is 1.18 bits per heavy atom. The van der Waals surface area contributed by atoms with Crippen molar-refractivity contribution in [2.75, 3.05) is 13.1 Å². The van der Waals surface area contributed by atoms with Gasteiger partial charge in [0.1, 0.15) is 0 Å². The largest absolute Gasteiger partial charge is 0.393 e. The third-order valence-corrected chi connectivity index (χ3v) is 2.14. The second-order valence-corrected chi connectivity index (χ2v) is 2.95. The lowest BCUT2D eigenvalue weighted by Crippen LogP contribution is -2.30. The van der Waals surface area contributed by atoms with Crippen molar-refractivity contribution in [2.24, 2.45) is 5.92 Å². The quantitative estimate of drug-likeness (QED) is 0.614. The van der Waals surface area contributed by atoms with Crippen molar-refractivity contribution in [2.45, 2.75) is 39.7 Å². The third kappa shape index (κ3) is 4.38. The Kier molecular flexibility index (Phi) is 6.57. The first-order valence-electron chi connectivity index (χ1n) is 4.64. The topological polar surface area (TPSA) is 32.3 Å². The first-order chi connectivity index (χ1) is 5.26. The summed E-state index contributed by atoms with van der Waals surface area (Å²) < 4.78 is 0. The second-order valence-electron chi connectivity index (χ2n) is 2.95. The molecular formula is C9H21NO. The van der Waals surface area contributed by atoms with Gasteiger partial charge in [-0.2, -0.15) is 0 Å². The minimum atomic E-state index is -0.126. The van der Waals surface area contributed by atoms with Crippen LogP contribution in [-0.2, 0) is 0 Å². The van der Waals surface area contributed by atoms with E-state index in [4.69, 9.17) is 0 Å². The lowest BCUT2D eigenvalue weighted by Gasteiger charge is -2.20. The fourth-order valence-corrected chi connectivity index (χ4v) is 1.22. The Labute approximate surface area is 70.0 Å². The van der Waals surface area contributed by atoms with Gasteiger partial charge in [0.25, 0.3) is 0 Å². The first kappa shape index (κ1) is 10.9. The molecule has 11 heavy (non-hydrogen) atoms. The number of nitrogens with one attached hydrogen (secondary N) is 1. The molecule has 0 aromatic rings. The number of rotatable bonds is 6. The van der Waals surface area contributed by atoms with E-state index in [1.165, 1.54) is 0 Å². The molecule has 2 nitrogen and oxygen atoms in total. The molecule has 0 fully saturated rings. The van der Waals surface area contributed by atoms with Crippen molar-refractivity contribution in [3.8, 4) is 0 Å². The highest BCUT2D eigenvalue weighted by atomic mass is 16.3. The van der Waals surface area contributed by atoms with Crippen LogP contribution in [0.25, 0.3) is 0 Å². The predicted octanol–water partition coefficient (Wildman–Crippen LogP) is 1.39. The Bertz CT molecular complexity index is 85.6. The highest BCUT2D eigenvalue weighted by molar-refractivity contribution is 4.67. The van der Waals surface area contributed by atoms with E-state index in [-0.39, 0.29) is 6.10 Å². The molecule has 0 rings (SSSR count). The van der Waals surface area contributed by atoms with Crippen LogP contribution in [0.2, 0.25) is 0 Å². The molecule has 0 amide bonds. The smallest absolute Gasteiger partial charge is 0.0577 e. The summed E-state index contributed by atoms with van der Waals surface area (Å²) in [6, 6.07) is 0. The van der Waals surface area contributed by atoms with Gasteiger partial charge in [0, 0.05) is 6.54 Å². The van der Waals surface area contributed by atoms with Crippen LogP contribution in [0.3, 0.4) is 0 Å². The average Bonchev–Trinajstić information content (AvgIpc) is 2.05. The number of aliphatic hydroxyl groups is 1. The van der Waals surface area contributed by atoms with Gasteiger partial charge >= 0.3 is 0 Å². The van der Waals surface area contributed by atoms with Crippen LogP contribution in [0.5, 0.6) is 0 Å². The summed E-state index contributed by atoms with van der Waals surface area (Å²) in [7, 11) is 0. The molecule has 0 aliphatic rings. The maximum atomic E-state index is 9.50. The van der Waals surface area contributed by atoms with Crippen LogP contribution >= 0.6 is 0 Å². The predicted molar refractivity (Wildman–Crippen MR) is 48.6 cm³/mol. The normalized spacial score (nSPS) is 16.4. The molecule has 0 aromatic heterocycles. The molecule has 0 bridgehead atoms. The summed E-state index contributed by atoms with van der Waals surface area (Å²) in [4.78, 5) is 0. The van der Waals surface area contributed by atoms with Crippen molar-refractivity contribution in [1.29, 1.82) is 0 Å². The highest BCUT2D eigenvalue weighted by Gasteiger charge is 2.13. The van der Waals surface area contributed by atoms with Crippen LogP contribution in [0, 0.1) is 5.92 Å². The van der Waals surface area contributed by atoms with E-state index >= 15 is 0 Å². The molecule has 0 spiro atoms. The number of aliphatic hydroxyl groups excluding tert-OH is 1. The maximum Gasteiger partial charge on any atom is 0.0577 e. The van der Waals surface area contributed by atoms with Crippen LogP contribution in [0.1, 0.15) is 33.6 Å². The second kappa shape index (κ2) is 6.62. The Morgan fingerprint density at radius 3 is 2.18 bits per heavy atom. The summed E-state index contributed by atoms with van der Waals surface area (Å²) in [5.74, 6) is 0.431. The Morgan fingerprint density at radius 2 is 1.82 bits per heavy atom. The standard InChI is InChI=1S/C9H21NO/c1-4-8(7-10-6-3)9(11)5-2/h8-11H,4-7H2,1-3H3. The zero-order valence-corrected chi connectivity index (χ0v) is 7.93. The van der Waals surface area contributed by atoms with Crippen molar-refractivity contribution < 1.29 is 5.11 Å². The fraction of sp³-hybridized carbons (Fsp3) is 1.00. The summed E-state index contributed by atoms with van der Waals surface area (Å²) in [5.41, 5.74) is 0. The number of hydrogen-bond acceptors (Lipinski definition) is 2. The lowest BCUT2D eigenvalue weighted by molar-refractivity contribution is 0.101. The summed E-state index contributed by atoms with van der Waals surface area (Å²) >= 11 is 0. The van der Waals surface area contributed by atoms with Gasteiger partial charge in [0.2, 0.25) is 0 Å². The fourth-order valence-electron chi connectivity index (χ4n) is 1.22. The molecule has 0 heterocycles. The zero-order chi connectivity index (χ0) is 8.69. The van der Waals surface area contributed by atoms with Crippen LogP contribution in [0.4, 0.5) is 0 Å². The monoisotopic (exact) mass is 159 g/mol. The van der Waals surface area contributed by atoms with Crippen LogP contribution < -0.4 is 5.32 Å². The van der Waals surface area contributed by atoms with Crippen molar-refractivity contribution >= 4 is 0 Å². The molecule has 68 valence electrons. The molecule has 0 aromatic carbocycles. The SMILES string of the molecule is CCNCC(CC)C(O)CC. The van der Waals surface area contributed by atoms with Gasteiger partial charge in [-0.15, -0.1) is 0 Å². The van der Waals surface area contributed by atoms with Crippen molar-refractivity contribution in [3.63, 3.8) is 0 Å². The summed E-state index contributed by atoms with van der Waals surface area (Å²) in [6.07, 6.45) is 1.80. The van der Waals surface area contributed by atoms with Gasteiger partial charge in [-0.25, -0.2) is 0 Å². The minimum absolute atomic E-state index is 0.126. The van der Waals surface area contributed by atoms with E-state index in [9.17, 15) is 5.11 Å². The lowest BCUT2D eigenvalue weighted by atomic mass is 9.97. The molecule has 0 saturated heterocycles. The van der Waals surface area contributed by atoms with Gasteiger partial charge < -0.3 is 10.4 Å². The van der Waals surface area contributed by atoms with Gasteiger partial charge in [-0.05, 0) is 25.3 Å². The molecule has 2 heteroatoms. The molecule has 0 saturated carbocycles. The van der Waals surface area contributed by atoms with E-state index < -0.39 is 0 Å². The summed E-state index contributed by atoms with van der Waals surface area (Å²) in [5, 5.41) is 12.8. The average molecular weight is 159 g/mol. The molecule has 0 aliphatic heterocycles. The molecule has 0 aliphatic carbocycles. The van der Waals surface area contributed by atoms with Crippen molar-refractivity contribution in [3.05, 3.63) is 0 Å². The molecule has 2 unspecified atom stereocenters. The number of hydrogen-bond donors (Lipinski definition) is 2. The third-order valence-electron chi connectivity index (χ3n) is 2.14. The minimum Gasteiger partial charge on any atom is -0.393 e. The van der Waals surface area contributed by atoms with E-state index in [2.05, 4.69) is 19.2 Å². The van der Waals surface area contributed by atoms with Gasteiger partial charge in [-0.1, -0.05) is 20.8 Å². The first-order valence-corrected chi connectivity index (χ1v) is 4.64. The van der Waals surface area contributed by atoms with Crippen LogP contribution in [0.15, 0.2) is 0 Å². The highest BCUT2D eigenvalue weighted by Crippen LogP contribution is 2.09. The van der Waals surface area contributed by atoms with E-state index in [1.54, 1.807) is 0 Å². The molecule has 0 radical (unpaired) electrons. The van der Waals surface area contributed by atoms with Gasteiger partial charge in [0.15, 0.2) is 0 Å². The van der Waals surface area contributed by atoms with E-state index in [1.807, 2.05) is 6.92 Å². The molecule has 2 atom stereocenters. The molecule has 2 N–H and O–H groups in total. The maximum absolute atomic E-state index is 9.50.